The van der Waals surface area contributed by atoms with Crippen LogP contribution < -0.4 is 5.32 Å². The van der Waals surface area contributed by atoms with E-state index in [1.807, 2.05) is 27.2 Å². The highest BCUT2D eigenvalue weighted by molar-refractivity contribution is 7.47. The largest absolute Gasteiger partial charge is 0.472 e. The molecule has 0 spiro atoms. The molecule has 0 aliphatic heterocycles. The second-order valence-corrected chi connectivity index (χ2v) is 26.0. The molecule has 0 radical (unpaired) electrons. The second-order valence-electron chi connectivity index (χ2n) is 24.5. The highest BCUT2D eigenvalue weighted by Gasteiger charge is 2.28. The highest BCUT2D eigenvalue weighted by Crippen LogP contribution is 2.43. The average Bonchev–Trinajstić information content (AvgIpc) is 3.39. The molecule has 0 bridgehead atoms. The van der Waals surface area contributed by atoms with Crippen LogP contribution in [0.3, 0.4) is 0 Å². The quantitative estimate of drug-likeness (QED) is 0.0243. The van der Waals surface area contributed by atoms with Gasteiger partial charge in [0.1, 0.15) is 13.2 Å². The number of unbranched alkanes of at least 4 members (excludes halogenated alkanes) is 46. The number of likely N-dealkylation sites (N-methyl/N-ethyl adjacent to an activating group) is 1. The van der Waals surface area contributed by atoms with Gasteiger partial charge in [-0.15, -0.1) is 0 Å². The first-order valence-electron chi connectivity index (χ1n) is 33.9. The molecule has 77 heavy (non-hydrogen) atoms. The Hall–Kier alpha value is -1.28. The summed E-state index contributed by atoms with van der Waals surface area (Å²) in [6.45, 7) is 4.85. The minimum absolute atomic E-state index is 0.0574. The number of hydrogen-bond donors (Lipinski definition) is 3. The lowest BCUT2D eigenvalue weighted by atomic mass is 10.0. The topological polar surface area (TPSA) is 105 Å². The molecule has 0 rings (SSSR count). The van der Waals surface area contributed by atoms with E-state index in [2.05, 4.69) is 43.5 Å². The Kier molecular flexibility index (Phi) is 58.4. The van der Waals surface area contributed by atoms with Crippen LogP contribution >= 0.6 is 7.82 Å². The van der Waals surface area contributed by atoms with Crippen LogP contribution in [0.15, 0.2) is 36.5 Å². The molecule has 0 fully saturated rings. The lowest BCUT2D eigenvalue weighted by Gasteiger charge is -2.25. The summed E-state index contributed by atoms with van der Waals surface area (Å²) in [4.78, 5) is 23.4. The maximum Gasteiger partial charge on any atom is 0.472 e. The van der Waals surface area contributed by atoms with Crippen LogP contribution in [0.1, 0.15) is 341 Å². The number of aliphatic hydroxyl groups excluding tert-OH is 1. The summed E-state index contributed by atoms with van der Waals surface area (Å²) < 4.78 is 23.8. The summed E-state index contributed by atoms with van der Waals surface area (Å²) in [5, 5.41) is 14.0. The van der Waals surface area contributed by atoms with Crippen molar-refractivity contribution in [3.63, 3.8) is 0 Å². The van der Waals surface area contributed by atoms with Gasteiger partial charge in [-0.2, -0.15) is 0 Å². The molecule has 0 saturated heterocycles. The molecule has 0 aromatic carbocycles. The number of phosphoric acid groups is 1. The Morgan fingerprint density at radius 2 is 0.714 bits per heavy atom. The van der Waals surface area contributed by atoms with E-state index in [1.54, 1.807) is 6.08 Å². The van der Waals surface area contributed by atoms with E-state index in [1.165, 1.54) is 283 Å². The predicted octanol–water partition coefficient (Wildman–Crippen LogP) is 21.3. The van der Waals surface area contributed by atoms with Gasteiger partial charge >= 0.3 is 7.82 Å². The third-order valence-electron chi connectivity index (χ3n) is 15.6. The fourth-order valence-corrected chi connectivity index (χ4v) is 11.0. The zero-order valence-corrected chi connectivity index (χ0v) is 53.1. The van der Waals surface area contributed by atoms with Crippen molar-refractivity contribution < 1.29 is 32.9 Å². The summed E-state index contributed by atoms with van der Waals surface area (Å²) >= 11 is 0. The van der Waals surface area contributed by atoms with Gasteiger partial charge < -0.3 is 19.8 Å². The van der Waals surface area contributed by atoms with Crippen molar-refractivity contribution in [2.45, 2.75) is 353 Å². The van der Waals surface area contributed by atoms with Crippen LogP contribution in [0.25, 0.3) is 0 Å². The van der Waals surface area contributed by atoms with Gasteiger partial charge in [-0.25, -0.2) is 4.57 Å². The van der Waals surface area contributed by atoms with Gasteiger partial charge in [0.2, 0.25) is 5.91 Å². The molecular formula is C68H134N2O6P+. The molecule has 456 valence electrons. The molecule has 0 aliphatic carbocycles. The minimum Gasteiger partial charge on any atom is -0.387 e. The summed E-state index contributed by atoms with van der Waals surface area (Å²) in [5.74, 6) is -0.181. The van der Waals surface area contributed by atoms with Crippen LogP contribution in [0.5, 0.6) is 0 Å². The Morgan fingerprint density at radius 1 is 0.429 bits per heavy atom. The zero-order chi connectivity index (χ0) is 56.3. The summed E-state index contributed by atoms with van der Waals surface area (Å²) in [6.07, 6.45) is 78.6. The fourth-order valence-electron chi connectivity index (χ4n) is 10.3. The molecule has 0 aromatic rings. The highest BCUT2D eigenvalue weighted by atomic mass is 31.2. The molecule has 0 saturated carbocycles. The second kappa shape index (κ2) is 59.3. The number of carbonyl (C=O) groups is 1. The Labute approximate surface area is 480 Å². The third kappa shape index (κ3) is 62.2. The Bertz CT molecular complexity index is 1350. The van der Waals surface area contributed by atoms with Gasteiger partial charge in [-0.05, 0) is 57.8 Å². The van der Waals surface area contributed by atoms with Crippen LogP contribution in [0.4, 0.5) is 0 Å². The maximum absolute atomic E-state index is 13.0. The monoisotopic (exact) mass is 1110 g/mol. The van der Waals surface area contributed by atoms with Crippen LogP contribution in [0.2, 0.25) is 0 Å². The van der Waals surface area contributed by atoms with Crippen molar-refractivity contribution in [2.75, 3.05) is 40.9 Å². The Morgan fingerprint density at radius 3 is 1.04 bits per heavy atom. The van der Waals surface area contributed by atoms with Gasteiger partial charge in [-0.3, -0.25) is 13.8 Å². The first-order chi connectivity index (χ1) is 37.5. The number of quaternary nitrogens is 1. The number of allylic oxidation sites excluding steroid dienone is 5. The number of rotatable bonds is 63. The summed E-state index contributed by atoms with van der Waals surface area (Å²) in [7, 11) is 1.57. The van der Waals surface area contributed by atoms with Crippen molar-refractivity contribution in [2.24, 2.45) is 0 Å². The van der Waals surface area contributed by atoms with Gasteiger partial charge in [0.25, 0.3) is 0 Å². The molecule has 8 nitrogen and oxygen atoms in total. The molecule has 3 unspecified atom stereocenters. The van der Waals surface area contributed by atoms with Crippen molar-refractivity contribution >= 4 is 13.7 Å². The van der Waals surface area contributed by atoms with Crippen LogP contribution in [-0.2, 0) is 18.4 Å². The molecule has 0 heterocycles. The average molecular weight is 1110 g/mol. The summed E-state index contributed by atoms with van der Waals surface area (Å²) in [5.41, 5.74) is 0. The number of carbonyl (C=O) groups excluding carboxylic acids is 1. The number of amides is 1. The number of phosphoric ester groups is 1. The molecule has 3 N–H and O–H groups in total. The molecule has 0 aromatic heterocycles. The van der Waals surface area contributed by atoms with Crippen molar-refractivity contribution in [1.82, 2.24) is 5.32 Å². The fraction of sp³-hybridized carbons (Fsp3) is 0.897. The molecule has 9 heteroatoms. The smallest absolute Gasteiger partial charge is 0.387 e. The normalized spacial score (nSPS) is 13.9. The lowest BCUT2D eigenvalue weighted by Crippen LogP contribution is -2.45. The third-order valence-corrected chi connectivity index (χ3v) is 16.6. The molecular weight excluding hydrogens is 972 g/mol. The summed E-state index contributed by atoms with van der Waals surface area (Å²) in [6, 6.07) is -0.864. The Balaban J connectivity index is 4.11. The predicted molar refractivity (Wildman–Crippen MR) is 337 cm³/mol. The van der Waals surface area contributed by atoms with Crippen molar-refractivity contribution in [1.29, 1.82) is 0 Å². The van der Waals surface area contributed by atoms with E-state index in [0.29, 0.717) is 17.4 Å². The van der Waals surface area contributed by atoms with Gasteiger partial charge in [0.05, 0.1) is 39.9 Å². The van der Waals surface area contributed by atoms with E-state index in [4.69, 9.17) is 9.05 Å². The van der Waals surface area contributed by atoms with Gasteiger partial charge in [-0.1, -0.05) is 314 Å². The van der Waals surface area contributed by atoms with Crippen LogP contribution in [0, 0.1) is 0 Å². The van der Waals surface area contributed by atoms with E-state index < -0.39 is 20.0 Å². The zero-order valence-electron chi connectivity index (χ0n) is 52.2. The number of nitrogens with zero attached hydrogens (tertiary/aromatic N) is 1. The van der Waals surface area contributed by atoms with E-state index in [9.17, 15) is 19.4 Å². The number of hydrogen-bond acceptors (Lipinski definition) is 5. The molecule has 0 aliphatic rings. The number of nitrogens with one attached hydrogen (secondary N) is 1. The first-order valence-corrected chi connectivity index (χ1v) is 35.4. The van der Waals surface area contributed by atoms with Crippen molar-refractivity contribution in [3.8, 4) is 0 Å². The van der Waals surface area contributed by atoms with Gasteiger partial charge in [0.15, 0.2) is 0 Å². The van der Waals surface area contributed by atoms with E-state index in [0.717, 1.165) is 38.5 Å². The van der Waals surface area contributed by atoms with Gasteiger partial charge in [0, 0.05) is 6.42 Å². The molecule has 1 amide bonds. The van der Waals surface area contributed by atoms with Crippen LogP contribution in [-0.4, -0.2) is 73.4 Å². The van der Waals surface area contributed by atoms with E-state index >= 15 is 0 Å². The minimum atomic E-state index is -4.36. The first kappa shape index (κ1) is 75.7. The van der Waals surface area contributed by atoms with Crippen molar-refractivity contribution in [3.05, 3.63) is 36.5 Å². The lowest BCUT2D eigenvalue weighted by molar-refractivity contribution is -0.870. The molecule has 3 atom stereocenters. The standard InChI is InChI=1S/C68H133N2O6P/c1-6-8-10-12-14-16-18-20-22-24-26-28-30-32-33-34-35-36-38-39-41-43-45-47-49-51-53-55-57-59-61-67(71)66(65-76-77(73,74)75-64-63-70(3,4)5)69-68(72)62-60-58-56-54-52-50-48-46-44-42-40-37-31-29-27-25-23-21-19-17-15-13-11-9-7-2/h25,27,51,53,59,61,66-67,71H,6-24,26,28-50,52,54-58,60,62-65H2,1-5H3,(H-,69,72,73,74)/p+1/b27-25-,53-51+,61-59+. The SMILES string of the molecule is CCCCCCCCCC/C=C\CCCCCCCCCCCCCCCC(=O)NC(COP(=O)(O)OCC[N+](C)(C)C)C(O)/C=C/CC/C=C/CCCCCCCCCCCCCCCCCCCCCCCCCC. The maximum atomic E-state index is 13.0. The van der Waals surface area contributed by atoms with E-state index in [-0.39, 0.29) is 19.1 Å². The number of aliphatic hydroxyl groups is 1.